The fraction of sp³-hybridized carbons (Fsp3) is 0.931. The molecule has 33 heavy (non-hydrogen) atoms. The number of hydrogen-bond acceptors (Lipinski definition) is 4. The summed E-state index contributed by atoms with van der Waals surface area (Å²) in [4.78, 5) is 23.5. The third-order valence-electron chi connectivity index (χ3n) is 11.0. The van der Waals surface area contributed by atoms with E-state index >= 15 is 0 Å². The molecule has 0 aromatic rings. The van der Waals surface area contributed by atoms with Crippen LogP contribution in [0.25, 0.3) is 0 Å². The van der Waals surface area contributed by atoms with Gasteiger partial charge in [-0.2, -0.15) is 0 Å². The van der Waals surface area contributed by atoms with Gasteiger partial charge < -0.3 is 9.47 Å². The van der Waals surface area contributed by atoms with Gasteiger partial charge in [-0.1, -0.05) is 69.2 Å². The molecule has 0 aliphatic heterocycles. The van der Waals surface area contributed by atoms with Crippen LogP contribution in [0, 0.1) is 45.3 Å². The van der Waals surface area contributed by atoms with Gasteiger partial charge in [0, 0.05) is 17.3 Å². The Bertz CT molecular complexity index is 751. The van der Waals surface area contributed by atoms with E-state index in [1.54, 1.807) is 0 Å². The van der Waals surface area contributed by atoms with Crippen molar-refractivity contribution in [1.29, 1.82) is 0 Å². The molecular formula is C29H50O4. The number of carbonyl (C=O) groups excluding carboxylic acids is 2. The topological polar surface area (TPSA) is 52.6 Å². The minimum Gasteiger partial charge on any atom is -0.462 e. The van der Waals surface area contributed by atoms with E-state index in [-0.39, 0.29) is 40.9 Å². The van der Waals surface area contributed by atoms with Crippen LogP contribution < -0.4 is 0 Å². The summed E-state index contributed by atoms with van der Waals surface area (Å²) in [5.74, 6) is 1.82. The van der Waals surface area contributed by atoms with Gasteiger partial charge in [-0.3, -0.25) is 9.59 Å². The molecule has 0 radical (unpaired) electrons. The minimum atomic E-state index is -0.0328. The quantitative estimate of drug-likeness (QED) is 0.406. The zero-order valence-corrected chi connectivity index (χ0v) is 23.0. The van der Waals surface area contributed by atoms with Gasteiger partial charge in [0.05, 0.1) is 5.92 Å². The number of hydrogen-bond donors (Lipinski definition) is 0. The first-order chi connectivity index (χ1) is 15.1. The molecule has 4 fully saturated rings. The molecule has 0 N–H and O–H groups in total. The SMILES string of the molecule is CC(C)C(=O)O[C@@H]1C[C@H]2CC[C@]1(C)C2(C)C.CC(C)CC(=O)OC1C[C@H]2CC[C@@]1(C)C2(C)C. The van der Waals surface area contributed by atoms with Crippen LogP contribution in [0.4, 0.5) is 0 Å². The van der Waals surface area contributed by atoms with Crippen molar-refractivity contribution in [1.82, 2.24) is 0 Å². The molecule has 0 aromatic carbocycles. The summed E-state index contributed by atoms with van der Waals surface area (Å²) >= 11 is 0. The first-order valence-corrected chi connectivity index (χ1v) is 13.5. The van der Waals surface area contributed by atoms with E-state index in [0.29, 0.717) is 23.2 Å². The summed E-state index contributed by atoms with van der Waals surface area (Å²) < 4.78 is 11.5. The largest absolute Gasteiger partial charge is 0.462 e. The van der Waals surface area contributed by atoms with Crippen molar-refractivity contribution in [3.8, 4) is 0 Å². The molecule has 190 valence electrons. The van der Waals surface area contributed by atoms with Gasteiger partial charge in [-0.25, -0.2) is 0 Å². The van der Waals surface area contributed by atoms with Crippen molar-refractivity contribution >= 4 is 11.9 Å². The highest BCUT2D eigenvalue weighted by atomic mass is 16.5. The number of rotatable bonds is 5. The molecule has 4 aliphatic rings. The van der Waals surface area contributed by atoms with Gasteiger partial charge in [0.1, 0.15) is 12.2 Å². The molecule has 0 amide bonds. The second-order valence-corrected chi connectivity index (χ2v) is 13.9. The molecule has 4 aliphatic carbocycles. The Hall–Kier alpha value is -1.06. The Morgan fingerprint density at radius 2 is 1.18 bits per heavy atom. The fourth-order valence-corrected chi connectivity index (χ4v) is 7.43. The van der Waals surface area contributed by atoms with E-state index in [9.17, 15) is 9.59 Å². The highest BCUT2D eigenvalue weighted by molar-refractivity contribution is 5.72. The van der Waals surface area contributed by atoms with E-state index in [0.717, 1.165) is 24.7 Å². The smallest absolute Gasteiger partial charge is 0.308 e. The number of esters is 2. The lowest BCUT2D eigenvalue weighted by Gasteiger charge is -2.38. The monoisotopic (exact) mass is 462 g/mol. The molecule has 4 saturated carbocycles. The van der Waals surface area contributed by atoms with Crippen molar-refractivity contribution in [3.05, 3.63) is 0 Å². The van der Waals surface area contributed by atoms with Crippen molar-refractivity contribution in [2.75, 3.05) is 0 Å². The number of fused-ring (bicyclic) bond motifs is 4. The average Bonchev–Trinajstić information content (AvgIpc) is 3.19. The van der Waals surface area contributed by atoms with Crippen LogP contribution in [0.15, 0.2) is 0 Å². The standard InChI is InChI=1S/C15H26O2.C14H24O2/c1-10(2)8-13(16)17-12-9-11-6-7-15(12,5)14(11,3)4;1-9(2)12(15)16-11-8-10-6-7-14(11,5)13(10,3)4/h10-12H,6-9H2,1-5H3;9-11H,6-8H2,1-5H3/t11-,12?,15-;10-,11-,14+/m11/s1. The Morgan fingerprint density at radius 3 is 1.48 bits per heavy atom. The van der Waals surface area contributed by atoms with Crippen molar-refractivity contribution in [2.45, 2.75) is 126 Å². The molecule has 6 atom stereocenters. The summed E-state index contributed by atoms with van der Waals surface area (Å²) in [7, 11) is 0. The average molecular weight is 463 g/mol. The normalized spacial score (nSPS) is 39.5. The van der Waals surface area contributed by atoms with Crippen LogP contribution in [0.1, 0.15) is 114 Å². The Kier molecular flexibility index (Phi) is 7.13. The molecule has 1 unspecified atom stereocenters. The maximum Gasteiger partial charge on any atom is 0.308 e. The number of carbonyl (C=O) groups is 2. The highest BCUT2D eigenvalue weighted by Crippen LogP contribution is 2.67. The molecule has 4 heteroatoms. The van der Waals surface area contributed by atoms with Crippen molar-refractivity contribution in [3.63, 3.8) is 0 Å². The Balaban J connectivity index is 0.000000186. The van der Waals surface area contributed by atoms with Crippen LogP contribution in [0.5, 0.6) is 0 Å². The Morgan fingerprint density at radius 1 is 0.758 bits per heavy atom. The third-order valence-corrected chi connectivity index (χ3v) is 11.0. The number of ether oxygens (including phenoxy) is 2. The van der Waals surface area contributed by atoms with Gasteiger partial charge in [0.15, 0.2) is 0 Å². The molecule has 0 heterocycles. The molecule has 0 spiro atoms. The highest BCUT2D eigenvalue weighted by Gasteiger charge is 2.63. The summed E-state index contributed by atoms with van der Waals surface area (Å²) in [6, 6.07) is 0. The van der Waals surface area contributed by atoms with E-state index in [1.807, 2.05) is 13.8 Å². The lowest BCUT2D eigenvalue weighted by molar-refractivity contribution is -0.160. The van der Waals surface area contributed by atoms with Gasteiger partial charge >= 0.3 is 11.9 Å². The predicted octanol–water partition coefficient (Wildman–Crippen LogP) is 7.19. The summed E-state index contributed by atoms with van der Waals surface area (Å²) in [6.07, 6.45) is 8.04. The van der Waals surface area contributed by atoms with Crippen LogP contribution in [0.2, 0.25) is 0 Å². The van der Waals surface area contributed by atoms with E-state index < -0.39 is 0 Å². The van der Waals surface area contributed by atoms with Gasteiger partial charge in [0.25, 0.3) is 0 Å². The summed E-state index contributed by atoms with van der Waals surface area (Å²) in [5, 5.41) is 0. The molecule has 0 saturated heterocycles. The van der Waals surface area contributed by atoms with Crippen LogP contribution in [0.3, 0.4) is 0 Å². The van der Waals surface area contributed by atoms with Gasteiger partial charge in [0.2, 0.25) is 0 Å². The zero-order chi connectivity index (χ0) is 25.0. The lowest BCUT2D eigenvalue weighted by atomic mass is 9.70. The van der Waals surface area contributed by atoms with Crippen molar-refractivity contribution < 1.29 is 19.1 Å². The molecule has 4 bridgehead atoms. The maximum absolute atomic E-state index is 11.8. The van der Waals surface area contributed by atoms with E-state index in [2.05, 4.69) is 55.4 Å². The summed E-state index contributed by atoms with van der Waals surface area (Å²) in [5.41, 5.74) is 1.05. The minimum absolute atomic E-state index is 0.00502. The summed E-state index contributed by atoms with van der Waals surface area (Å²) in [6.45, 7) is 21.9. The second kappa shape index (κ2) is 8.86. The van der Waals surface area contributed by atoms with Crippen LogP contribution in [-0.4, -0.2) is 24.1 Å². The first kappa shape index (κ1) is 26.5. The lowest BCUT2D eigenvalue weighted by Crippen LogP contribution is -2.39. The van der Waals surface area contributed by atoms with Gasteiger partial charge in [-0.15, -0.1) is 0 Å². The first-order valence-electron chi connectivity index (χ1n) is 13.5. The molecular weight excluding hydrogens is 412 g/mol. The maximum atomic E-state index is 11.8. The fourth-order valence-electron chi connectivity index (χ4n) is 7.43. The van der Waals surface area contributed by atoms with Gasteiger partial charge in [-0.05, 0) is 67.1 Å². The van der Waals surface area contributed by atoms with E-state index in [4.69, 9.17) is 9.47 Å². The van der Waals surface area contributed by atoms with E-state index in [1.165, 1.54) is 25.7 Å². The van der Waals surface area contributed by atoms with Crippen molar-refractivity contribution in [2.24, 2.45) is 45.3 Å². The molecule has 0 aromatic heterocycles. The molecule has 4 nitrogen and oxygen atoms in total. The predicted molar refractivity (Wildman–Crippen MR) is 133 cm³/mol. The van der Waals surface area contributed by atoms with Crippen LogP contribution in [-0.2, 0) is 19.1 Å². The second-order valence-electron chi connectivity index (χ2n) is 13.9. The Labute approximate surface area is 202 Å². The van der Waals surface area contributed by atoms with Crippen LogP contribution >= 0.6 is 0 Å². The zero-order valence-electron chi connectivity index (χ0n) is 23.0. The third kappa shape index (κ3) is 4.38. The molecule has 4 rings (SSSR count).